The van der Waals surface area contributed by atoms with Gasteiger partial charge in [-0.25, -0.2) is 9.98 Å². The summed E-state index contributed by atoms with van der Waals surface area (Å²) < 4.78 is 1.99. The second-order valence-corrected chi connectivity index (χ2v) is 8.75. The van der Waals surface area contributed by atoms with E-state index in [2.05, 4.69) is 56.0 Å². The molecule has 3 heterocycles. The van der Waals surface area contributed by atoms with Crippen LogP contribution in [-0.4, -0.2) is 63.4 Å². The van der Waals surface area contributed by atoms with Gasteiger partial charge in [-0.05, 0) is 56.7 Å². The molecule has 30 heavy (non-hydrogen) atoms. The van der Waals surface area contributed by atoms with Crippen LogP contribution in [-0.2, 0) is 13.6 Å². The van der Waals surface area contributed by atoms with E-state index in [0.717, 1.165) is 68.1 Å². The SMILES string of the molecule is CSCCCNC(=NCc1nnc(C)n1C)NC1CCN(c2ccc(C)cn2)CC1. The number of piperidine rings is 1. The van der Waals surface area contributed by atoms with Gasteiger partial charge in [0.05, 0.1) is 0 Å². The van der Waals surface area contributed by atoms with Crippen LogP contribution in [0.5, 0.6) is 0 Å². The summed E-state index contributed by atoms with van der Waals surface area (Å²) in [6.45, 7) is 7.45. The molecular weight excluding hydrogens is 396 g/mol. The van der Waals surface area contributed by atoms with Gasteiger partial charge in [0.2, 0.25) is 0 Å². The summed E-state index contributed by atoms with van der Waals surface area (Å²) >= 11 is 1.87. The van der Waals surface area contributed by atoms with E-state index in [-0.39, 0.29) is 0 Å². The molecule has 0 amide bonds. The molecule has 164 valence electrons. The summed E-state index contributed by atoms with van der Waals surface area (Å²) in [5, 5.41) is 15.5. The summed E-state index contributed by atoms with van der Waals surface area (Å²) in [5.41, 5.74) is 1.20. The Morgan fingerprint density at radius 1 is 1.23 bits per heavy atom. The third-order valence-electron chi connectivity index (χ3n) is 5.43. The van der Waals surface area contributed by atoms with Crippen LogP contribution in [0.4, 0.5) is 5.82 Å². The molecule has 2 aromatic heterocycles. The molecule has 0 aromatic carbocycles. The molecule has 1 fully saturated rings. The summed E-state index contributed by atoms with van der Waals surface area (Å²) in [6.07, 6.45) is 7.31. The zero-order chi connectivity index (χ0) is 21.3. The predicted octanol–water partition coefficient (Wildman–Crippen LogP) is 2.28. The average Bonchev–Trinajstić information content (AvgIpc) is 3.08. The first-order valence-electron chi connectivity index (χ1n) is 10.6. The number of aliphatic imine (C=N–C) groups is 1. The van der Waals surface area contributed by atoms with Crippen molar-refractivity contribution in [2.24, 2.45) is 12.0 Å². The van der Waals surface area contributed by atoms with E-state index in [1.165, 1.54) is 5.56 Å². The van der Waals surface area contributed by atoms with Crippen molar-refractivity contribution in [2.45, 2.75) is 45.7 Å². The highest BCUT2D eigenvalue weighted by Gasteiger charge is 2.21. The Kier molecular flexibility index (Phi) is 8.36. The second kappa shape index (κ2) is 11.2. The Hall–Kier alpha value is -2.29. The van der Waals surface area contributed by atoms with Crippen molar-refractivity contribution in [2.75, 3.05) is 36.5 Å². The maximum Gasteiger partial charge on any atom is 0.191 e. The minimum Gasteiger partial charge on any atom is -0.356 e. The molecule has 0 atom stereocenters. The molecule has 1 aliphatic rings. The highest BCUT2D eigenvalue weighted by Crippen LogP contribution is 2.18. The van der Waals surface area contributed by atoms with E-state index >= 15 is 0 Å². The molecule has 0 radical (unpaired) electrons. The molecule has 2 N–H and O–H groups in total. The van der Waals surface area contributed by atoms with E-state index in [1.54, 1.807) is 0 Å². The van der Waals surface area contributed by atoms with Crippen molar-refractivity contribution in [3.05, 3.63) is 35.5 Å². The lowest BCUT2D eigenvalue weighted by molar-refractivity contribution is 0.459. The third kappa shape index (κ3) is 6.35. The maximum atomic E-state index is 4.79. The van der Waals surface area contributed by atoms with Gasteiger partial charge >= 0.3 is 0 Å². The van der Waals surface area contributed by atoms with Crippen LogP contribution in [0.3, 0.4) is 0 Å². The van der Waals surface area contributed by atoms with Gasteiger partial charge in [0.25, 0.3) is 0 Å². The number of thioether (sulfide) groups is 1. The number of guanidine groups is 1. The van der Waals surface area contributed by atoms with Gasteiger partial charge in [-0.1, -0.05) is 6.07 Å². The molecule has 1 saturated heterocycles. The smallest absolute Gasteiger partial charge is 0.191 e. The van der Waals surface area contributed by atoms with Crippen molar-refractivity contribution in [1.82, 2.24) is 30.4 Å². The zero-order valence-electron chi connectivity index (χ0n) is 18.6. The molecule has 9 heteroatoms. The molecule has 0 spiro atoms. The van der Waals surface area contributed by atoms with E-state index in [4.69, 9.17) is 4.99 Å². The van der Waals surface area contributed by atoms with Gasteiger partial charge in [-0.2, -0.15) is 11.8 Å². The van der Waals surface area contributed by atoms with Gasteiger partial charge in [0.1, 0.15) is 18.2 Å². The number of nitrogens with zero attached hydrogens (tertiary/aromatic N) is 6. The Bertz CT molecular complexity index is 809. The molecule has 0 unspecified atom stereocenters. The summed E-state index contributed by atoms with van der Waals surface area (Å²) in [6, 6.07) is 4.65. The van der Waals surface area contributed by atoms with Gasteiger partial charge in [-0.3, -0.25) is 0 Å². The van der Waals surface area contributed by atoms with Crippen molar-refractivity contribution in [3.8, 4) is 0 Å². The predicted molar refractivity (Wildman–Crippen MR) is 125 cm³/mol. The Morgan fingerprint density at radius 2 is 2.03 bits per heavy atom. The van der Waals surface area contributed by atoms with E-state index < -0.39 is 0 Å². The standard InChI is InChI=1S/C21H34N8S/c1-16-6-7-19(23-14-16)29-11-8-18(9-12-29)25-21(22-10-5-13-30-4)24-15-20-27-26-17(2)28(20)3/h6-7,14,18H,5,8-13,15H2,1-4H3,(H2,22,24,25). The number of anilines is 1. The normalized spacial score (nSPS) is 15.5. The number of pyridine rings is 1. The zero-order valence-corrected chi connectivity index (χ0v) is 19.4. The van der Waals surface area contributed by atoms with Gasteiger partial charge in [0.15, 0.2) is 11.8 Å². The third-order valence-corrected chi connectivity index (χ3v) is 6.13. The minimum absolute atomic E-state index is 0.403. The van der Waals surface area contributed by atoms with Crippen LogP contribution in [0, 0.1) is 13.8 Å². The quantitative estimate of drug-likeness (QED) is 0.378. The molecule has 8 nitrogen and oxygen atoms in total. The van der Waals surface area contributed by atoms with Crippen molar-refractivity contribution >= 4 is 23.5 Å². The number of rotatable bonds is 8. The topological polar surface area (TPSA) is 83.3 Å². The minimum atomic E-state index is 0.403. The maximum absolute atomic E-state index is 4.79. The lowest BCUT2D eigenvalue weighted by atomic mass is 10.1. The van der Waals surface area contributed by atoms with Crippen LogP contribution < -0.4 is 15.5 Å². The fourth-order valence-corrected chi connectivity index (χ4v) is 3.84. The van der Waals surface area contributed by atoms with E-state index in [9.17, 15) is 0 Å². The largest absolute Gasteiger partial charge is 0.356 e. The van der Waals surface area contributed by atoms with Gasteiger partial charge < -0.3 is 20.1 Å². The summed E-state index contributed by atoms with van der Waals surface area (Å²) in [4.78, 5) is 11.7. The Labute approximate surface area is 184 Å². The first kappa shape index (κ1) is 22.4. The lowest BCUT2D eigenvalue weighted by Gasteiger charge is -2.34. The fourth-order valence-electron chi connectivity index (χ4n) is 3.41. The van der Waals surface area contributed by atoms with Crippen LogP contribution >= 0.6 is 11.8 Å². The molecule has 0 aliphatic carbocycles. The highest BCUT2D eigenvalue weighted by molar-refractivity contribution is 7.98. The van der Waals surface area contributed by atoms with Crippen LogP contribution in [0.15, 0.2) is 23.3 Å². The van der Waals surface area contributed by atoms with Crippen LogP contribution in [0.1, 0.15) is 36.5 Å². The van der Waals surface area contributed by atoms with Crippen molar-refractivity contribution in [3.63, 3.8) is 0 Å². The molecule has 0 bridgehead atoms. The van der Waals surface area contributed by atoms with Crippen molar-refractivity contribution < 1.29 is 0 Å². The lowest BCUT2D eigenvalue weighted by Crippen LogP contribution is -2.49. The van der Waals surface area contributed by atoms with E-state index in [1.807, 2.05) is 36.5 Å². The molecule has 3 rings (SSSR count). The molecule has 1 aliphatic heterocycles. The molecular formula is C21H34N8S. The Balaban J connectivity index is 1.56. The first-order chi connectivity index (χ1) is 14.6. The average molecular weight is 431 g/mol. The molecule has 2 aromatic rings. The fraction of sp³-hybridized carbons (Fsp3) is 0.619. The second-order valence-electron chi connectivity index (χ2n) is 7.76. The molecule has 0 saturated carbocycles. The van der Waals surface area contributed by atoms with Crippen molar-refractivity contribution in [1.29, 1.82) is 0 Å². The Morgan fingerprint density at radius 3 is 2.67 bits per heavy atom. The number of aromatic nitrogens is 4. The number of nitrogens with one attached hydrogen (secondary N) is 2. The van der Waals surface area contributed by atoms with E-state index in [0.29, 0.717) is 12.6 Å². The summed E-state index contributed by atoms with van der Waals surface area (Å²) in [7, 11) is 1.98. The number of hydrogen-bond donors (Lipinski definition) is 2. The van der Waals surface area contributed by atoms with Gasteiger partial charge in [-0.15, -0.1) is 10.2 Å². The number of hydrogen-bond acceptors (Lipinski definition) is 6. The monoisotopic (exact) mass is 430 g/mol. The number of aryl methyl sites for hydroxylation is 2. The highest BCUT2D eigenvalue weighted by atomic mass is 32.2. The van der Waals surface area contributed by atoms with Gasteiger partial charge in [0, 0.05) is 38.9 Å². The van der Waals surface area contributed by atoms with Crippen LogP contribution in [0.25, 0.3) is 0 Å². The summed E-state index contributed by atoms with van der Waals surface area (Å²) in [5.74, 6) is 4.85. The first-order valence-corrected chi connectivity index (χ1v) is 12.0. The van der Waals surface area contributed by atoms with Crippen LogP contribution in [0.2, 0.25) is 0 Å².